The molecule has 1 aromatic rings. The van der Waals surface area contributed by atoms with E-state index in [1.807, 2.05) is 0 Å². The number of nitro benzene ring substituents is 1. The largest absolute Gasteiger partial charge is 0.361 e. The van der Waals surface area contributed by atoms with E-state index in [0.717, 1.165) is 6.07 Å². The molecule has 0 aliphatic carbocycles. The molecule has 0 N–H and O–H groups in total. The minimum Gasteiger partial charge on any atom is -0.361 e. The average Bonchev–Trinajstić information content (AvgIpc) is 2.26. The quantitative estimate of drug-likeness (QED) is 0.447. The first-order valence-electron chi connectivity index (χ1n) is 4.55. The average molecular weight is 223 g/mol. The van der Waals surface area contributed by atoms with Crippen molar-refractivity contribution >= 4 is 5.69 Å². The van der Waals surface area contributed by atoms with Gasteiger partial charge in [0.1, 0.15) is 6.10 Å². The van der Waals surface area contributed by atoms with Gasteiger partial charge in [0.15, 0.2) is 0 Å². The number of hydrogen-bond donors (Lipinski definition) is 0. The van der Waals surface area contributed by atoms with Crippen molar-refractivity contribution in [3.05, 3.63) is 39.7 Å². The SMILES string of the molecule is C#CC(C)OCc1cccc([N+](=O)[O-])c1F. The first-order chi connectivity index (χ1) is 7.56. The molecule has 0 aliphatic rings. The highest BCUT2D eigenvalue weighted by atomic mass is 19.1. The number of terminal acetylenes is 1. The van der Waals surface area contributed by atoms with Crippen molar-refractivity contribution in [1.29, 1.82) is 0 Å². The summed E-state index contributed by atoms with van der Waals surface area (Å²) in [4.78, 5) is 9.69. The van der Waals surface area contributed by atoms with Crippen molar-refractivity contribution in [2.24, 2.45) is 0 Å². The predicted octanol–water partition coefficient (Wildman–Crippen LogP) is 2.27. The fourth-order valence-corrected chi connectivity index (χ4v) is 1.08. The van der Waals surface area contributed by atoms with Gasteiger partial charge in [0.05, 0.1) is 11.5 Å². The van der Waals surface area contributed by atoms with E-state index in [-0.39, 0.29) is 12.2 Å². The first-order valence-corrected chi connectivity index (χ1v) is 4.55. The molecule has 16 heavy (non-hydrogen) atoms. The van der Waals surface area contributed by atoms with E-state index in [1.165, 1.54) is 12.1 Å². The Hall–Kier alpha value is -1.93. The number of nitro groups is 1. The lowest BCUT2D eigenvalue weighted by Gasteiger charge is -2.07. The second kappa shape index (κ2) is 5.24. The lowest BCUT2D eigenvalue weighted by Crippen LogP contribution is -2.06. The molecule has 4 nitrogen and oxygen atoms in total. The van der Waals surface area contributed by atoms with E-state index in [2.05, 4.69) is 5.92 Å². The number of nitrogens with zero attached hydrogens (tertiary/aromatic N) is 1. The van der Waals surface area contributed by atoms with Crippen molar-refractivity contribution in [2.45, 2.75) is 19.6 Å². The van der Waals surface area contributed by atoms with Crippen molar-refractivity contribution in [3.63, 3.8) is 0 Å². The zero-order valence-electron chi connectivity index (χ0n) is 8.64. The third kappa shape index (κ3) is 2.78. The summed E-state index contributed by atoms with van der Waals surface area (Å²) in [6.07, 6.45) is 4.62. The molecule has 1 unspecified atom stereocenters. The summed E-state index contributed by atoms with van der Waals surface area (Å²) in [6.45, 7) is 1.55. The third-order valence-electron chi connectivity index (χ3n) is 1.98. The van der Waals surface area contributed by atoms with Crippen LogP contribution in [0.15, 0.2) is 18.2 Å². The van der Waals surface area contributed by atoms with E-state index in [1.54, 1.807) is 6.92 Å². The monoisotopic (exact) mass is 223 g/mol. The maximum atomic E-state index is 13.5. The van der Waals surface area contributed by atoms with Crippen LogP contribution in [0.4, 0.5) is 10.1 Å². The summed E-state index contributed by atoms with van der Waals surface area (Å²) in [7, 11) is 0. The van der Waals surface area contributed by atoms with Gasteiger partial charge in [0, 0.05) is 11.6 Å². The normalized spacial score (nSPS) is 11.8. The van der Waals surface area contributed by atoms with E-state index in [4.69, 9.17) is 11.2 Å². The van der Waals surface area contributed by atoms with Crippen LogP contribution in [-0.4, -0.2) is 11.0 Å². The van der Waals surface area contributed by atoms with Crippen LogP contribution in [0.5, 0.6) is 0 Å². The second-order valence-electron chi connectivity index (χ2n) is 3.13. The molecule has 0 amide bonds. The number of rotatable bonds is 4. The first kappa shape index (κ1) is 12.1. The van der Waals surface area contributed by atoms with Crippen molar-refractivity contribution in [1.82, 2.24) is 0 Å². The number of ether oxygens (including phenoxy) is 1. The molecule has 0 radical (unpaired) electrons. The van der Waals surface area contributed by atoms with Crippen LogP contribution in [-0.2, 0) is 11.3 Å². The zero-order chi connectivity index (χ0) is 12.1. The van der Waals surface area contributed by atoms with Crippen LogP contribution in [0.25, 0.3) is 0 Å². The molecule has 0 aromatic heterocycles. The number of hydrogen-bond acceptors (Lipinski definition) is 3. The predicted molar refractivity (Wildman–Crippen MR) is 56.1 cm³/mol. The maximum Gasteiger partial charge on any atom is 0.305 e. The molecule has 0 saturated carbocycles. The highest BCUT2D eigenvalue weighted by Crippen LogP contribution is 2.20. The molecule has 84 valence electrons. The lowest BCUT2D eigenvalue weighted by molar-refractivity contribution is -0.387. The summed E-state index contributed by atoms with van der Waals surface area (Å²) in [5, 5.41) is 10.5. The molecule has 0 bridgehead atoms. The topological polar surface area (TPSA) is 52.4 Å². The molecule has 1 aromatic carbocycles. The molecule has 1 rings (SSSR count). The second-order valence-corrected chi connectivity index (χ2v) is 3.13. The summed E-state index contributed by atoms with van der Waals surface area (Å²) < 4.78 is 18.6. The van der Waals surface area contributed by atoms with Gasteiger partial charge in [-0.2, -0.15) is 4.39 Å². The highest BCUT2D eigenvalue weighted by Gasteiger charge is 2.17. The van der Waals surface area contributed by atoms with Crippen LogP contribution in [0.3, 0.4) is 0 Å². The summed E-state index contributed by atoms with van der Waals surface area (Å²) in [5.74, 6) is 1.44. The molecule has 0 heterocycles. The molecule has 1 atom stereocenters. The molecule has 5 heteroatoms. The van der Waals surface area contributed by atoms with Crippen molar-refractivity contribution in [3.8, 4) is 12.3 Å². The summed E-state index contributed by atoms with van der Waals surface area (Å²) in [5.41, 5.74) is -0.439. The Bertz CT molecular complexity index is 439. The maximum absolute atomic E-state index is 13.5. The molecular weight excluding hydrogens is 213 g/mol. The molecule has 0 fully saturated rings. The molecule has 0 saturated heterocycles. The van der Waals surface area contributed by atoms with Crippen molar-refractivity contribution in [2.75, 3.05) is 0 Å². The Labute approximate surface area is 92.2 Å². The Morgan fingerprint density at radius 2 is 2.38 bits per heavy atom. The Kier molecular flexibility index (Phi) is 3.97. The van der Waals surface area contributed by atoms with Crippen LogP contribution >= 0.6 is 0 Å². The van der Waals surface area contributed by atoms with Gasteiger partial charge >= 0.3 is 5.69 Å². The molecule has 0 aliphatic heterocycles. The molecule has 0 spiro atoms. The Morgan fingerprint density at radius 3 is 2.94 bits per heavy atom. The Morgan fingerprint density at radius 1 is 1.69 bits per heavy atom. The van der Waals surface area contributed by atoms with E-state index in [0.29, 0.717) is 0 Å². The summed E-state index contributed by atoms with van der Waals surface area (Å²) >= 11 is 0. The van der Waals surface area contributed by atoms with Crippen LogP contribution in [0, 0.1) is 28.3 Å². The smallest absolute Gasteiger partial charge is 0.305 e. The zero-order valence-corrected chi connectivity index (χ0v) is 8.64. The minimum atomic E-state index is -0.878. The van der Waals surface area contributed by atoms with Gasteiger partial charge in [0.2, 0.25) is 5.82 Å². The number of benzene rings is 1. The Balaban J connectivity index is 2.86. The van der Waals surface area contributed by atoms with Gasteiger partial charge in [-0.25, -0.2) is 0 Å². The third-order valence-corrected chi connectivity index (χ3v) is 1.98. The van der Waals surface area contributed by atoms with Gasteiger partial charge in [-0.05, 0) is 6.92 Å². The van der Waals surface area contributed by atoms with Gasteiger partial charge in [-0.1, -0.05) is 18.1 Å². The van der Waals surface area contributed by atoms with Gasteiger partial charge in [-0.3, -0.25) is 10.1 Å². The summed E-state index contributed by atoms with van der Waals surface area (Å²) in [6, 6.07) is 3.93. The highest BCUT2D eigenvalue weighted by molar-refractivity contribution is 5.36. The van der Waals surface area contributed by atoms with Gasteiger partial charge in [-0.15, -0.1) is 6.42 Å². The van der Waals surface area contributed by atoms with Crippen LogP contribution in [0.2, 0.25) is 0 Å². The fraction of sp³-hybridized carbons (Fsp3) is 0.273. The van der Waals surface area contributed by atoms with E-state index in [9.17, 15) is 14.5 Å². The van der Waals surface area contributed by atoms with Crippen LogP contribution < -0.4 is 0 Å². The van der Waals surface area contributed by atoms with Crippen molar-refractivity contribution < 1.29 is 14.1 Å². The van der Waals surface area contributed by atoms with Gasteiger partial charge in [0.25, 0.3) is 0 Å². The van der Waals surface area contributed by atoms with E-state index >= 15 is 0 Å². The number of halogens is 1. The standard InChI is InChI=1S/C11H10FNO3/c1-3-8(2)16-7-9-5-4-6-10(11(9)12)13(14)15/h1,4-6,8H,7H2,2H3. The fourth-order valence-electron chi connectivity index (χ4n) is 1.08. The minimum absolute atomic E-state index is 0.0844. The van der Waals surface area contributed by atoms with Crippen LogP contribution in [0.1, 0.15) is 12.5 Å². The lowest BCUT2D eigenvalue weighted by atomic mass is 10.2. The van der Waals surface area contributed by atoms with Gasteiger partial charge < -0.3 is 4.74 Å². The molecular formula is C11H10FNO3. The van der Waals surface area contributed by atoms with E-state index < -0.39 is 22.5 Å².